The standard InChI is InChI=1S/C16H19N3O2/c17-12-13-8-9-18-15(11-13)19-16(20)7-4-10-21-14-5-2-1-3-6-14/h1-3,5-6,8-9,11H,4,7,10,12,17H2,(H,18,19,20). The molecule has 21 heavy (non-hydrogen) atoms. The summed E-state index contributed by atoms with van der Waals surface area (Å²) in [7, 11) is 0. The van der Waals surface area contributed by atoms with Gasteiger partial charge in [-0.05, 0) is 36.2 Å². The fraction of sp³-hybridized carbons (Fsp3) is 0.250. The summed E-state index contributed by atoms with van der Waals surface area (Å²) < 4.78 is 5.53. The minimum Gasteiger partial charge on any atom is -0.494 e. The van der Waals surface area contributed by atoms with Crippen LogP contribution in [0.25, 0.3) is 0 Å². The maximum atomic E-state index is 11.8. The zero-order chi connectivity index (χ0) is 14.9. The second kappa shape index (κ2) is 8.01. The molecule has 110 valence electrons. The number of pyridine rings is 1. The molecule has 0 aliphatic rings. The number of carbonyl (C=O) groups excluding carboxylic acids is 1. The molecule has 0 spiro atoms. The Kier molecular flexibility index (Phi) is 5.72. The first-order valence-corrected chi connectivity index (χ1v) is 6.90. The number of nitrogens with two attached hydrogens (primary N) is 1. The number of hydrogen-bond donors (Lipinski definition) is 2. The van der Waals surface area contributed by atoms with Gasteiger partial charge in [0.15, 0.2) is 0 Å². The van der Waals surface area contributed by atoms with E-state index in [1.54, 1.807) is 12.3 Å². The van der Waals surface area contributed by atoms with Gasteiger partial charge in [0.2, 0.25) is 5.91 Å². The van der Waals surface area contributed by atoms with E-state index in [9.17, 15) is 4.79 Å². The fourth-order valence-corrected chi connectivity index (χ4v) is 1.81. The molecular weight excluding hydrogens is 266 g/mol. The van der Waals surface area contributed by atoms with Gasteiger partial charge in [-0.3, -0.25) is 4.79 Å². The van der Waals surface area contributed by atoms with E-state index in [4.69, 9.17) is 10.5 Å². The van der Waals surface area contributed by atoms with Gasteiger partial charge >= 0.3 is 0 Å². The molecule has 0 saturated carbocycles. The summed E-state index contributed by atoms with van der Waals surface area (Å²) in [6, 6.07) is 13.1. The molecule has 0 radical (unpaired) electrons. The summed E-state index contributed by atoms with van der Waals surface area (Å²) in [6.07, 6.45) is 2.68. The first-order chi connectivity index (χ1) is 10.3. The van der Waals surface area contributed by atoms with Gasteiger partial charge in [-0.1, -0.05) is 18.2 Å². The average Bonchev–Trinajstić information content (AvgIpc) is 2.53. The SMILES string of the molecule is NCc1ccnc(NC(=O)CCCOc2ccccc2)c1. The topological polar surface area (TPSA) is 77.2 Å². The van der Waals surface area contributed by atoms with Crippen LogP contribution < -0.4 is 15.8 Å². The molecule has 1 aromatic heterocycles. The van der Waals surface area contributed by atoms with E-state index >= 15 is 0 Å². The van der Waals surface area contributed by atoms with Gasteiger partial charge in [-0.15, -0.1) is 0 Å². The minimum absolute atomic E-state index is 0.0756. The molecule has 5 heteroatoms. The number of carbonyl (C=O) groups is 1. The van der Waals surface area contributed by atoms with E-state index < -0.39 is 0 Å². The van der Waals surface area contributed by atoms with Gasteiger partial charge in [0, 0.05) is 19.2 Å². The molecule has 0 unspecified atom stereocenters. The molecule has 0 fully saturated rings. The number of rotatable bonds is 7. The molecule has 0 saturated heterocycles. The van der Waals surface area contributed by atoms with Crippen LogP contribution in [-0.2, 0) is 11.3 Å². The number of amides is 1. The zero-order valence-corrected chi connectivity index (χ0v) is 11.8. The van der Waals surface area contributed by atoms with Crippen molar-refractivity contribution in [1.82, 2.24) is 4.98 Å². The van der Waals surface area contributed by atoms with Gasteiger partial charge in [0.1, 0.15) is 11.6 Å². The highest BCUT2D eigenvalue weighted by Crippen LogP contribution is 2.10. The van der Waals surface area contributed by atoms with Gasteiger partial charge in [0.05, 0.1) is 6.61 Å². The lowest BCUT2D eigenvalue weighted by Gasteiger charge is -2.07. The Bertz CT molecular complexity index is 573. The molecule has 1 aromatic carbocycles. The summed E-state index contributed by atoms with van der Waals surface area (Å²) in [6.45, 7) is 0.935. The van der Waals surface area contributed by atoms with Crippen molar-refractivity contribution >= 4 is 11.7 Å². The highest BCUT2D eigenvalue weighted by molar-refractivity contribution is 5.89. The molecule has 3 N–H and O–H groups in total. The number of nitrogens with zero attached hydrogens (tertiary/aromatic N) is 1. The van der Waals surface area contributed by atoms with Crippen LogP contribution in [-0.4, -0.2) is 17.5 Å². The zero-order valence-electron chi connectivity index (χ0n) is 11.8. The van der Waals surface area contributed by atoms with Crippen molar-refractivity contribution in [3.63, 3.8) is 0 Å². The van der Waals surface area contributed by atoms with Crippen LogP contribution in [0.4, 0.5) is 5.82 Å². The van der Waals surface area contributed by atoms with Crippen molar-refractivity contribution in [3.8, 4) is 5.75 Å². The van der Waals surface area contributed by atoms with Gasteiger partial charge in [-0.25, -0.2) is 4.98 Å². The number of nitrogens with one attached hydrogen (secondary N) is 1. The first kappa shape index (κ1) is 15.0. The average molecular weight is 285 g/mol. The lowest BCUT2D eigenvalue weighted by atomic mass is 10.2. The van der Waals surface area contributed by atoms with Crippen LogP contribution >= 0.6 is 0 Å². The Balaban J connectivity index is 1.70. The van der Waals surface area contributed by atoms with Crippen molar-refractivity contribution < 1.29 is 9.53 Å². The van der Waals surface area contributed by atoms with Crippen LogP contribution in [0.2, 0.25) is 0 Å². The number of anilines is 1. The lowest BCUT2D eigenvalue weighted by Crippen LogP contribution is -2.14. The quantitative estimate of drug-likeness (QED) is 0.765. The van der Waals surface area contributed by atoms with Crippen LogP contribution in [0.5, 0.6) is 5.75 Å². The Hall–Kier alpha value is -2.40. The van der Waals surface area contributed by atoms with Gasteiger partial charge < -0.3 is 15.8 Å². The van der Waals surface area contributed by atoms with Crippen LogP contribution in [0, 0.1) is 0 Å². The number of aromatic nitrogens is 1. The Morgan fingerprint density at radius 1 is 1.24 bits per heavy atom. The monoisotopic (exact) mass is 285 g/mol. The van der Waals surface area contributed by atoms with E-state index in [1.807, 2.05) is 36.4 Å². The first-order valence-electron chi connectivity index (χ1n) is 6.90. The molecule has 0 bridgehead atoms. The highest BCUT2D eigenvalue weighted by Gasteiger charge is 2.04. The third-order valence-electron chi connectivity index (χ3n) is 2.89. The van der Waals surface area contributed by atoms with Crippen LogP contribution in [0.3, 0.4) is 0 Å². The Labute approximate surface area is 124 Å². The van der Waals surface area contributed by atoms with E-state index in [0.717, 1.165) is 11.3 Å². The molecule has 2 aromatic rings. The summed E-state index contributed by atoms with van der Waals surface area (Å²) in [5.41, 5.74) is 6.48. The normalized spacial score (nSPS) is 10.1. The molecule has 1 amide bonds. The summed E-state index contributed by atoms with van der Waals surface area (Å²) in [5, 5.41) is 2.75. The smallest absolute Gasteiger partial charge is 0.225 e. The number of hydrogen-bond acceptors (Lipinski definition) is 4. The largest absolute Gasteiger partial charge is 0.494 e. The summed E-state index contributed by atoms with van der Waals surface area (Å²) in [5.74, 6) is 1.27. The Morgan fingerprint density at radius 3 is 2.81 bits per heavy atom. The number of para-hydroxylation sites is 1. The summed E-state index contributed by atoms with van der Waals surface area (Å²) in [4.78, 5) is 15.9. The lowest BCUT2D eigenvalue weighted by molar-refractivity contribution is -0.116. The molecule has 0 aliphatic heterocycles. The molecule has 0 aliphatic carbocycles. The van der Waals surface area contributed by atoms with Crippen molar-refractivity contribution in [3.05, 3.63) is 54.2 Å². The molecule has 1 heterocycles. The van der Waals surface area contributed by atoms with Gasteiger partial charge in [0.25, 0.3) is 0 Å². The second-order valence-electron chi connectivity index (χ2n) is 4.57. The predicted octanol–water partition coefficient (Wildman–Crippen LogP) is 2.34. The van der Waals surface area contributed by atoms with E-state index in [-0.39, 0.29) is 5.91 Å². The maximum absolute atomic E-state index is 11.8. The van der Waals surface area contributed by atoms with Crippen molar-refractivity contribution in [2.45, 2.75) is 19.4 Å². The molecule has 5 nitrogen and oxygen atoms in total. The number of ether oxygens (including phenoxy) is 1. The van der Waals surface area contributed by atoms with Crippen molar-refractivity contribution in [1.29, 1.82) is 0 Å². The third-order valence-corrected chi connectivity index (χ3v) is 2.89. The van der Waals surface area contributed by atoms with E-state index in [0.29, 0.717) is 31.8 Å². The minimum atomic E-state index is -0.0756. The fourth-order valence-electron chi connectivity index (χ4n) is 1.81. The van der Waals surface area contributed by atoms with Crippen molar-refractivity contribution in [2.24, 2.45) is 5.73 Å². The van der Waals surface area contributed by atoms with E-state index in [2.05, 4.69) is 10.3 Å². The van der Waals surface area contributed by atoms with Crippen LogP contribution in [0.1, 0.15) is 18.4 Å². The molecule has 2 rings (SSSR count). The second-order valence-corrected chi connectivity index (χ2v) is 4.57. The van der Waals surface area contributed by atoms with E-state index in [1.165, 1.54) is 0 Å². The number of benzene rings is 1. The van der Waals surface area contributed by atoms with Gasteiger partial charge in [-0.2, -0.15) is 0 Å². The summed E-state index contributed by atoms with van der Waals surface area (Å²) >= 11 is 0. The maximum Gasteiger partial charge on any atom is 0.225 e. The molecule has 0 atom stereocenters. The third kappa shape index (κ3) is 5.24. The molecular formula is C16H19N3O2. The Morgan fingerprint density at radius 2 is 2.05 bits per heavy atom. The van der Waals surface area contributed by atoms with Crippen molar-refractivity contribution in [2.75, 3.05) is 11.9 Å². The highest BCUT2D eigenvalue weighted by atomic mass is 16.5. The predicted molar refractivity (Wildman–Crippen MR) is 81.9 cm³/mol. The van der Waals surface area contributed by atoms with Crippen LogP contribution in [0.15, 0.2) is 48.7 Å².